The first-order valence-corrected chi connectivity index (χ1v) is 12.6. The lowest BCUT2D eigenvalue weighted by Crippen LogP contribution is -2.37. The van der Waals surface area contributed by atoms with Crippen LogP contribution in [0.4, 0.5) is 10.3 Å². The van der Waals surface area contributed by atoms with Crippen LogP contribution in [0.2, 0.25) is 0 Å². The lowest BCUT2D eigenvalue weighted by atomic mass is 10.1. The largest absolute Gasteiger partial charge is 0.342 e. The van der Waals surface area contributed by atoms with E-state index in [1.54, 1.807) is 19.3 Å². The van der Waals surface area contributed by atoms with Gasteiger partial charge in [-0.25, -0.2) is 9.18 Å². The molecule has 4 aromatic rings. The van der Waals surface area contributed by atoms with Gasteiger partial charge in [0.15, 0.2) is 11.2 Å². The molecule has 1 saturated heterocycles. The summed E-state index contributed by atoms with van der Waals surface area (Å²) < 4.78 is 19.1. The Hall–Kier alpha value is -3.53. The molecular weight excluding hydrogens is 527 g/mol. The number of aromatic nitrogens is 5. The Morgan fingerprint density at radius 3 is 2.69 bits per heavy atom. The fourth-order valence-corrected chi connectivity index (χ4v) is 5.06. The van der Waals surface area contributed by atoms with Gasteiger partial charge >= 0.3 is 5.69 Å². The van der Waals surface area contributed by atoms with Crippen LogP contribution in [-0.4, -0.2) is 36.8 Å². The second-order valence-corrected chi connectivity index (χ2v) is 9.86. The number of benzene rings is 1. The minimum absolute atomic E-state index is 0.227. The molecule has 0 amide bonds. The van der Waals surface area contributed by atoms with Gasteiger partial charge in [0, 0.05) is 37.9 Å². The fourth-order valence-electron chi connectivity index (χ4n) is 4.69. The molecule has 0 atom stereocenters. The molecule has 0 spiro atoms. The second-order valence-electron chi connectivity index (χ2n) is 9.01. The van der Waals surface area contributed by atoms with Crippen molar-refractivity contribution < 1.29 is 4.39 Å². The number of aryl methyl sites for hydroxylation is 1. The van der Waals surface area contributed by atoms with E-state index < -0.39 is 11.2 Å². The molecule has 0 aliphatic carbocycles. The lowest BCUT2D eigenvalue weighted by Gasteiger charge is -2.23. The van der Waals surface area contributed by atoms with Gasteiger partial charge in [-0.1, -0.05) is 27.6 Å². The zero-order valence-corrected chi connectivity index (χ0v) is 21.7. The van der Waals surface area contributed by atoms with Crippen LogP contribution >= 0.6 is 15.9 Å². The van der Waals surface area contributed by atoms with Gasteiger partial charge in [0.25, 0.3) is 5.56 Å². The molecule has 0 bridgehead atoms. The van der Waals surface area contributed by atoms with E-state index in [0.717, 1.165) is 40.5 Å². The van der Waals surface area contributed by atoms with Crippen LogP contribution in [0.1, 0.15) is 30.5 Å². The van der Waals surface area contributed by atoms with Crippen LogP contribution in [-0.2, 0) is 20.6 Å². The smallest absolute Gasteiger partial charge is 0.332 e. The Bertz CT molecular complexity index is 1590. The molecule has 5 rings (SSSR count). The van der Waals surface area contributed by atoms with Crippen molar-refractivity contribution >= 4 is 39.1 Å². The normalized spacial score (nSPS) is 15.6. The van der Waals surface area contributed by atoms with Crippen LogP contribution in [0.3, 0.4) is 0 Å². The van der Waals surface area contributed by atoms with Gasteiger partial charge in [-0.05, 0) is 61.2 Å². The van der Waals surface area contributed by atoms with E-state index in [2.05, 4.69) is 31.9 Å². The maximum Gasteiger partial charge on any atom is 0.332 e. The molecule has 1 fully saturated rings. The number of halogens is 2. The average molecular weight is 553 g/mol. The summed E-state index contributed by atoms with van der Waals surface area (Å²) >= 11 is 3.51. The average Bonchev–Trinajstić information content (AvgIpc) is 3.09. The van der Waals surface area contributed by atoms with Gasteiger partial charge in [0.1, 0.15) is 5.82 Å². The molecule has 8 nitrogen and oxygen atoms in total. The topological polar surface area (TPSA) is 78.0 Å². The van der Waals surface area contributed by atoms with Crippen LogP contribution < -0.4 is 16.1 Å². The molecular formula is C26H26BrFN6O2. The molecule has 36 heavy (non-hydrogen) atoms. The maximum absolute atomic E-state index is 14.1. The molecule has 1 aromatic carbocycles. The fraction of sp³-hybridized carbons (Fsp3) is 0.308. The highest BCUT2D eigenvalue weighted by Crippen LogP contribution is 2.28. The van der Waals surface area contributed by atoms with Crippen molar-refractivity contribution in [3.63, 3.8) is 0 Å². The van der Waals surface area contributed by atoms with Crippen molar-refractivity contribution in [3.8, 4) is 0 Å². The maximum atomic E-state index is 14.1. The monoisotopic (exact) mass is 552 g/mol. The minimum Gasteiger partial charge on any atom is -0.342 e. The van der Waals surface area contributed by atoms with Crippen LogP contribution in [0.15, 0.2) is 62.2 Å². The summed E-state index contributed by atoms with van der Waals surface area (Å²) in [7, 11) is 3.07. The molecule has 1 aliphatic rings. The number of anilines is 1. The number of imidazole rings is 1. The van der Waals surface area contributed by atoms with E-state index in [1.807, 2.05) is 22.8 Å². The van der Waals surface area contributed by atoms with E-state index in [-0.39, 0.29) is 12.4 Å². The number of rotatable bonds is 4. The van der Waals surface area contributed by atoms with Crippen LogP contribution in [0.25, 0.3) is 17.2 Å². The molecule has 186 valence electrons. The molecule has 1 aliphatic heterocycles. The van der Waals surface area contributed by atoms with Gasteiger partial charge in [0.05, 0.1) is 12.2 Å². The van der Waals surface area contributed by atoms with E-state index in [1.165, 1.54) is 29.3 Å². The number of nitrogens with zero attached hydrogens (tertiary/aromatic N) is 6. The van der Waals surface area contributed by atoms with Gasteiger partial charge in [0.2, 0.25) is 5.95 Å². The summed E-state index contributed by atoms with van der Waals surface area (Å²) in [6.45, 7) is 1.66. The first kappa shape index (κ1) is 24.2. The summed E-state index contributed by atoms with van der Waals surface area (Å²) in [6.07, 6.45) is 6.58. The molecule has 4 heterocycles. The van der Waals surface area contributed by atoms with Crippen molar-refractivity contribution in [2.75, 3.05) is 18.0 Å². The highest BCUT2D eigenvalue weighted by molar-refractivity contribution is 9.10. The summed E-state index contributed by atoms with van der Waals surface area (Å²) in [5, 5.41) is 0. The molecule has 0 N–H and O–H groups in total. The molecule has 0 radical (unpaired) electrons. The Balaban J connectivity index is 1.60. The highest BCUT2D eigenvalue weighted by atomic mass is 79.9. The molecule has 10 heteroatoms. The third-order valence-corrected chi connectivity index (χ3v) is 7.39. The Morgan fingerprint density at radius 1 is 1.08 bits per heavy atom. The third-order valence-electron chi connectivity index (χ3n) is 6.62. The van der Waals surface area contributed by atoms with Gasteiger partial charge in [-0.3, -0.25) is 23.5 Å². The summed E-state index contributed by atoms with van der Waals surface area (Å²) in [5.41, 5.74) is 2.69. The van der Waals surface area contributed by atoms with E-state index in [0.29, 0.717) is 29.2 Å². The van der Waals surface area contributed by atoms with Crippen molar-refractivity contribution in [3.05, 3.63) is 90.6 Å². The van der Waals surface area contributed by atoms with Crippen molar-refractivity contribution in [2.24, 2.45) is 14.1 Å². The summed E-state index contributed by atoms with van der Waals surface area (Å²) in [5.74, 6) is 0.233. The number of hydrogen-bond donors (Lipinski definition) is 0. The zero-order chi connectivity index (χ0) is 25.4. The van der Waals surface area contributed by atoms with E-state index in [9.17, 15) is 14.0 Å². The predicted molar refractivity (Wildman–Crippen MR) is 142 cm³/mol. The minimum atomic E-state index is -0.438. The van der Waals surface area contributed by atoms with Gasteiger partial charge < -0.3 is 4.90 Å². The molecule has 3 aromatic heterocycles. The highest BCUT2D eigenvalue weighted by Gasteiger charge is 2.24. The number of fused-ring (bicyclic) bond motifs is 1. The summed E-state index contributed by atoms with van der Waals surface area (Å²) in [4.78, 5) is 37.2. The molecule has 0 saturated carbocycles. The first-order valence-electron chi connectivity index (χ1n) is 11.8. The molecule has 0 unspecified atom stereocenters. The Labute approximate surface area is 215 Å². The predicted octanol–water partition coefficient (Wildman–Crippen LogP) is 3.85. The van der Waals surface area contributed by atoms with E-state index >= 15 is 0 Å². The van der Waals surface area contributed by atoms with Gasteiger partial charge in [-0.15, -0.1) is 0 Å². The third kappa shape index (κ3) is 4.53. The SMILES string of the molecule is Cn1c(=O)c2c(nc(N3CCC/C(=C/c4ccccn4)CC3)n2Cc2cc(F)ccc2Br)n(C)c1=O. The van der Waals surface area contributed by atoms with Crippen molar-refractivity contribution in [2.45, 2.75) is 25.8 Å². The zero-order valence-electron chi connectivity index (χ0n) is 20.1. The quantitative estimate of drug-likeness (QED) is 0.384. The van der Waals surface area contributed by atoms with E-state index in [4.69, 9.17) is 4.98 Å². The second kappa shape index (κ2) is 9.85. The number of pyridine rings is 1. The van der Waals surface area contributed by atoms with Gasteiger partial charge in [-0.2, -0.15) is 4.98 Å². The van der Waals surface area contributed by atoms with Crippen LogP contribution in [0.5, 0.6) is 0 Å². The Morgan fingerprint density at radius 2 is 1.92 bits per heavy atom. The van der Waals surface area contributed by atoms with Crippen molar-refractivity contribution in [1.29, 1.82) is 0 Å². The standard InChI is InChI=1S/C26H26BrFN6O2/c1-31-23-22(24(35)32(2)26(31)36)34(16-18-15-19(28)8-9-21(18)27)25(30-23)33-12-5-6-17(10-13-33)14-20-7-3-4-11-29-20/h3-4,7-9,11,14-15H,5-6,10,12-13,16H2,1-2H3/b17-14-. The number of hydrogen-bond acceptors (Lipinski definition) is 5. The van der Waals surface area contributed by atoms with Crippen LogP contribution in [0, 0.1) is 5.82 Å². The summed E-state index contributed by atoms with van der Waals surface area (Å²) in [6, 6.07) is 10.3. The van der Waals surface area contributed by atoms with Crippen molar-refractivity contribution in [1.82, 2.24) is 23.7 Å². The first-order chi connectivity index (χ1) is 17.3. The lowest BCUT2D eigenvalue weighted by molar-refractivity contribution is 0.622. The Kier molecular flexibility index (Phi) is 6.61.